The van der Waals surface area contributed by atoms with Crippen molar-refractivity contribution in [2.24, 2.45) is 0 Å². The highest BCUT2D eigenvalue weighted by Crippen LogP contribution is 2.55. The van der Waals surface area contributed by atoms with Crippen LogP contribution in [0.25, 0.3) is 27.5 Å². The predicted molar refractivity (Wildman–Crippen MR) is 168 cm³/mol. The zero-order valence-corrected chi connectivity index (χ0v) is 22.6. The van der Waals surface area contributed by atoms with Crippen LogP contribution in [0.1, 0.15) is 22.3 Å². The Morgan fingerprint density at radius 3 is 1.95 bits per heavy atom. The Bertz CT molecular complexity index is 2050. The van der Waals surface area contributed by atoms with E-state index in [1.807, 2.05) is 36.4 Å². The molecule has 2 heterocycles. The lowest BCUT2D eigenvalue weighted by atomic mass is 9.63. The predicted octanol–water partition coefficient (Wildman–Crippen LogP) is 8.18. The number of rotatable bonds is 5. The zero-order valence-electron chi connectivity index (χ0n) is 22.6. The molecule has 199 valence electrons. The Balaban J connectivity index is 1.52. The van der Waals surface area contributed by atoms with E-state index in [1.54, 1.807) is 0 Å². The van der Waals surface area contributed by atoms with E-state index in [2.05, 4.69) is 114 Å². The van der Waals surface area contributed by atoms with Crippen molar-refractivity contribution >= 4 is 29.5 Å². The topological polar surface area (TPSA) is 43.6 Å². The van der Waals surface area contributed by atoms with Crippen molar-refractivity contribution in [3.05, 3.63) is 168 Å². The van der Waals surface area contributed by atoms with Crippen molar-refractivity contribution in [3.63, 3.8) is 0 Å². The number of hydrogen-bond donors (Lipinski definition) is 1. The van der Waals surface area contributed by atoms with Crippen molar-refractivity contribution < 1.29 is 14.4 Å². The molecule has 0 fully saturated rings. The molecule has 5 heteroatoms. The highest BCUT2D eigenvalue weighted by molar-refractivity contribution is 6.17. The van der Waals surface area contributed by atoms with E-state index in [0.717, 1.165) is 68.9 Å². The van der Waals surface area contributed by atoms with Gasteiger partial charge in [-0.25, -0.2) is 0 Å². The van der Waals surface area contributed by atoms with Crippen LogP contribution in [0.2, 0.25) is 0 Å². The number of hydrogen-bond acceptors (Lipinski definition) is 3. The molecule has 6 aromatic carbocycles. The fraction of sp³-hybridized carbons (Fsp3) is 0.0270. The number of ether oxygens (including phenoxy) is 1. The first-order valence-electron chi connectivity index (χ1n) is 14.0. The molecule has 7 aromatic rings. The molecule has 0 aliphatic carbocycles. The lowest BCUT2D eigenvalue weighted by Crippen LogP contribution is -2.34. The largest absolute Gasteiger partial charge is 0.569 e. The average molecular weight is 542 g/mol. The maximum absolute atomic E-state index is 9.56. The molecule has 0 saturated heterocycles. The summed E-state index contributed by atoms with van der Waals surface area (Å²) in [5, 5.41) is 11.8. The first-order valence-corrected chi connectivity index (χ1v) is 14.0. The van der Waals surface area contributed by atoms with Crippen LogP contribution < -0.4 is 9.39 Å². The SMILES string of the molecule is O[B]Oc1ccccc1-n1c2ccccc2c2ccc(C3(c4ccccc4)c4ccccc4Oc4ccccc43)cc21. The van der Waals surface area contributed by atoms with E-state index in [9.17, 15) is 5.02 Å². The number of nitrogens with zero attached hydrogens (tertiary/aromatic N) is 1. The van der Waals surface area contributed by atoms with Crippen LogP contribution >= 0.6 is 0 Å². The van der Waals surface area contributed by atoms with Gasteiger partial charge in [0.25, 0.3) is 0 Å². The van der Waals surface area contributed by atoms with E-state index in [4.69, 9.17) is 9.39 Å². The fourth-order valence-corrected chi connectivity index (χ4v) is 6.73. The molecule has 0 unspecified atom stereocenters. The van der Waals surface area contributed by atoms with Crippen LogP contribution in [0.4, 0.5) is 0 Å². The van der Waals surface area contributed by atoms with Crippen molar-refractivity contribution in [1.29, 1.82) is 0 Å². The van der Waals surface area contributed by atoms with Gasteiger partial charge in [-0.2, -0.15) is 0 Å². The van der Waals surface area contributed by atoms with Gasteiger partial charge < -0.3 is 19.0 Å². The molecule has 8 rings (SSSR count). The standard InChI is InChI=1S/C37H25BNO3/c40-38-42-36-21-11-8-18-32(36)39-31-17-7-4-14-27(31)28-23-22-26(24-33(28)39)37(25-12-2-1-3-13-25)29-15-5-9-19-34(29)41-35-20-10-6-16-30(35)37/h1-24,40H. The highest BCUT2D eigenvalue weighted by Gasteiger charge is 2.45. The first kappa shape index (κ1) is 24.5. The Morgan fingerprint density at radius 1 is 0.571 bits per heavy atom. The Hall–Kier alpha value is -5.26. The lowest BCUT2D eigenvalue weighted by Gasteiger charge is -2.41. The van der Waals surface area contributed by atoms with E-state index in [0.29, 0.717) is 5.75 Å². The number of benzene rings is 6. The first-order chi connectivity index (χ1) is 20.8. The van der Waals surface area contributed by atoms with E-state index < -0.39 is 5.41 Å². The van der Waals surface area contributed by atoms with Crippen molar-refractivity contribution in [2.45, 2.75) is 5.41 Å². The second-order valence-electron chi connectivity index (χ2n) is 10.5. The van der Waals surface area contributed by atoms with Crippen LogP contribution in [0.3, 0.4) is 0 Å². The monoisotopic (exact) mass is 542 g/mol. The number of fused-ring (bicyclic) bond motifs is 5. The number of aromatic nitrogens is 1. The fourth-order valence-electron chi connectivity index (χ4n) is 6.73. The summed E-state index contributed by atoms with van der Waals surface area (Å²) < 4.78 is 14.3. The van der Waals surface area contributed by atoms with Gasteiger partial charge in [0.1, 0.15) is 17.2 Å². The normalized spacial score (nSPS) is 13.3. The molecule has 0 saturated carbocycles. The van der Waals surface area contributed by atoms with Gasteiger partial charge in [-0.15, -0.1) is 0 Å². The van der Waals surface area contributed by atoms with Crippen LogP contribution in [0.15, 0.2) is 146 Å². The molecule has 42 heavy (non-hydrogen) atoms. The maximum atomic E-state index is 9.56. The summed E-state index contributed by atoms with van der Waals surface area (Å²) in [5.41, 5.74) is 6.78. The Kier molecular flexibility index (Phi) is 5.66. The average Bonchev–Trinajstić information content (AvgIpc) is 3.38. The maximum Gasteiger partial charge on any atom is 0.569 e. The second kappa shape index (κ2) is 9.69. The third-order valence-electron chi connectivity index (χ3n) is 8.40. The Labute approximate surface area is 244 Å². The van der Waals surface area contributed by atoms with Crippen LogP contribution in [-0.2, 0) is 5.41 Å². The molecule has 1 radical (unpaired) electrons. The second-order valence-corrected chi connectivity index (χ2v) is 10.5. The molecule has 0 atom stereocenters. The smallest absolute Gasteiger partial charge is 0.536 e. The van der Waals surface area contributed by atoms with Crippen molar-refractivity contribution in [2.75, 3.05) is 0 Å². The summed E-state index contributed by atoms with van der Waals surface area (Å²) >= 11 is 0. The minimum absolute atomic E-state index is 0.563. The summed E-state index contributed by atoms with van der Waals surface area (Å²) in [4.78, 5) is 0. The van der Waals surface area contributed by atoms with Crippen molar-refractivity contribution in [1.82, 2.24) is 4.57 Å². The minimum Gasteiger partial charge on any atom is -0.536 e. The molecule has 1 N–H and O–H groups in total. The Morgan fingerprint density at radius 2 is 1.19 bits per heavy atom. The summed E-state index contributed by atoms with van der Waals surface area (Å²) in [7, 11) is 0.735. The third kappa shape index (κ3) is 3.47. The third-order valence-corrected chi connectivity index (χ3v) is 8.40. The molecule has 1 aliphatic heterocycles. The number of para-hydroxylation sites is 5. The van der Waals surface area contributed by atoms with Gasteiger partial charge in [-0.3, -0.25) is 0 Å². The summed E-state index contributed by atoms with van der Waals surface area (Å²) in [6, 6.07) is 50.3. The molecule has 0 bridgehead atoms. The van der Waals surface area contributed by atoms with Gasteiger partial charge >= 0.3 is 7.69 Å². The molecule has 1 aliphatic rings. The zero-order chi connectivity index (χ0) is 28.1. The minimum atomic E-state index is -0.628. The quantitative estimate of drug-likeness (QED) is 0.223. The van der Waals surface area contributed by atoms with E-state index in [1.165, 1.54) is 0 Å². The van der Waals surface area contributed by atoms with Gasteiger partial charge in [0.2, 0.25) is 0 Å². The van der Waals surface area contributed by atoms with E-state index >= 15 is 0 Å². The van der Waals surface area contributed by atoms with E-state index in [-0.39, 0.29) is 0 Å². The van der Waals surface area contributed by atoms with Gasteiger partial charge in [0.05, 0.1) is 22.1 Å². The van der Waals surface area contributed by atoms with Crippen molar-refractivity contribution in [3.8, 4) is 22.9 Å². The summed E-state index contributed by atoms with van der Waals surface area (Å²) in [5.74, 6) is 2.25. The summed E-state index contributed by atoms with van der Waals surface area (Å²) in [6.07, 6.45) is 0. The van der Waals surface area contributed by atoms with Gasteiger partial charge in [0, 0.05) is 21.9 Å². The van der Waals surface area contributed by atoms with Gasteiger partial charge in [-0.1, -0.05) is 109 Å². The van der Waals surface area contributed by atoms with Crippen LogP contribution in [0.5, 0.6) is 17.2 Å². The van der Waals surface area contributed by atoms with Gasteiger partial charge in [0.15, 0.2) is 0 Å². The molecular formula is C37H25BNO3. The molecule has 4 nitrogen and oxygen atoms in total. The van der Waals surface area contributed by atoms with Gasteiger partial charge in [-0.05, 0) is 47.5 Å². The lowest BCUT2D eigenvalue weighted by molar-refractivity contribution is 0.434. The molecular weight excluding hydrogens is 517 g/mol. The van der Waals surface area contributed by atoms with Crippen LogP contribution in [-0.4, -0.2) is 17.3 Å². The molecule has 0 amide bonds. The molecule has 0 spiro atoms. The van der Waals surface area contributed by atoms with Crippen LogP contribution in [0, 0.1) is 0 Å². The highest BCUT2D eigenvalue weighted by atomic mass is 16.5. The summed E-state index contributed by atoms with van der Waals surface area (Å²) in [6.45, 7) is 0. The molecule has 1 aromatic heterocycles.